The number of amides is 2. The molecule has 3 rings (SSSR count). The number of halogens is 3. The first-order valence-electron chi connectivity index (χ1n) is 10.1. The van der Waals surface area contributed by atoms with Crippen LogP contribution in [0.5, 0.6) is 0 Å². The van der Waals surface area contributed by atoms with Gasteiger partial charge in [0.2, 0.25) is 5.91 Å². The summed E-state index contributed by atoms with van der Waals surface area (Å²) in [6.45, 7) is 0.0737. The third-order valence-corrected chi connectivity index (χ3v) is 5.24. The number of hydrogen-bond donors (Lipinski definition) is 1. The Morgan fingerprint density at radius 2 is 1.85 bits per heavy atom. The number of nitrogens with zero attached hydrogens (tertiary/aromatic N) is 3. The van der Waals surface area contributed by atoms with Crippen LogP contribution in [0, 0.1) is 10.1 Å². The highest BCUT2D eigenvalue weighted by Crippen LogP contribution is 2.22. The number of benzene rings is 1. The molecule has 2 aliphatic heterocycles. The number of hydroxylamine groups is 2. The molecule has 11 nitrogen and oxygen atoms in total. The first-order valence-corrected chi connectivity index (χ1v) is 10.1. The van der Waals surface area contributed by atoms with Gasteiger partial charge in [-0.1, -0.05) is 0 Å². The third kappa shape index (κ3) is 6.31. The lowest BCUT2D eigenvalue weighted by atomic mass is 10.2. The summed E-state index contributed by atoms with van der Waals surface area (Å²) in [6, 6.07) is 4.13. The SMILES string of the molecule is O=C(N[C@H]1CCN(OC(=O)C(F)(F)F)C1)[C@H]1CCCN1C(=O)OCc1ccc([N+](=O)[O-])cc1. The van der Waals surface area contributed by atoms with Gasteiger partial charge in [0.25, 0.3) is 5.69 Å². The Bertz CT molecular complexity index is 910. The number of carbonyl (C=O) groups is 3. The number of rotatable bonds is 6. The zero-order chi connectivity index (χ0) is 24.2. The molecule has 0 aliphatic carbocycles. The number of hydrogen-bond acceptors (Lipinski definition) is 8. The predicted molar refractivity (Wildman–Crippen MR) is 103 cm³/mol. The van der Waals surface area contributed by atoms with Crippen molar-refractivity contribution in [1.82, 2.24) is 15.3 Å². The Kier molecular flexibility index (Phi) is 7.36. The van der Waals surface area contributed by atoms with Crippen molar-refractivity contribution in [3.63, 3.8) is 0 Å². The fourth-order valence-electron chi connectivity index (χ4n) is 3.60. The van der Waals surface area contributed by atoms with Gasteiger partial charge in [-0.25, -0.2) is 9.59 Å². The lowest BCUT2D eigenvalue weighted by Crippen LogP contribution is -2.49. The molecule has 1 aromatic carbocycles. The molecule has 0 unspecified atom stereocenters. The van der Waals surface area contributed by atoms with Gasteiger partial charge in [-0.15, -0.1) is 5.06 Å². The molecule has 2 heterocycles. The van der Waals surface area contributed by atoms with Crippen LogP contribution < -0.4 is 5.32 Å². The van der Waals surface area contributed by atoms with Crippen molar-refractivity contribution in [3.8, 4) is 0 Å². The zero-order valence-corrected chi connectivity index (χ0v) is 17.2. The van der Waals surface area contributed by atoms with Crippen LogP contribution in [-0.4, -0.2) is 70.8 Å². The van der Waals surface area contributed by atoms with Crippen molar-refractivity contribution in [1.29, 1.82) is 0 Å². The number of carbonyl (C=O) groups excluding carboxylic acids is 3. The zero-order valence-electron chi connectivity index (χ0n) is 17.2. The van der Waals surface area contributed by atoms with Gasteiger partial charge in [-0.2, -0.15) is 13.2 Å². The van der Waals surface area contributed by atoms with Gasteiger partial charge in [0.05, 0.1) is 11.5 Å². The van der Waals surface area contributed by atoms with E-state index >= 15 is 0 Å². The van der Waals surface area contributed by atoms with E-state index in [1.54, 1.807) is 0 Å². The van der Waals surface area contributed by atoms with Crippen molar-refractivity contribution in [3.05, 3.63) is 39.9 Å². The van der Waals surface area contributed by atoms with Crippen LogP contribution in [-0.2, 0) is 25.8 Å². The van der Waals surface area contributed by atoms with E-state index < -0.39 is 41.2 Å². The first kappa shape index (κ1) is 24.2. The molecule has 14 heteroatoms. The lowest BCUT2D eigenvalue weighted by molar-refractivity contribution is -0.384. The third-order valence-electron chi connectivity index (χ3n) is 5.24. The summed E-state index contributed by atoms with van der Waals surface area (Å²) in [4.78, 5) is 51.7. The summed E-state index contributed by atoms with van der Waals surface area (Å²) < 4.78 is 42.1. The minimum Gasteiger partial charge on any atom is -0.445 e. The molecular weight excluding hydrogens is 453 g/mol. The quantitative estimate of drug-likeness (QED) is 0.489. The molecule has 2 atom stereocenters. The summed E-state index contributed by atoms with van der Waals surface area (Å²) >= 11 is 0. The standard InChI is InChI=1S/C19H21F3N4O7/c20-19(21,22)17(28)33-24-9-7-13(10-24)23-16(27)15-2-1-8-25(15)18(29)32-11-12-3-5-14(6-4-12)26(30)31/h3-6,13,15H,1-2,7-11H2,(H,23,27)/t13-,15+/m0/s1. The van der Waals surface area contributed by atoms with Crippen molar-refractivity contribution in [2.75, 3.05) is 19.6 Å². The number of nitro groups is 1. The second-order valence-electron chi connectivity index (χ2n) is 7.59. The number of non-ortho nitro benzene ring substituents is 1. The largest absolute Gasteiger partial charge is 0.492 e. The van der Waals surface area contributed by atoms with Crippen molar-refractivity contribution < 1.29 is 42.1 Å². The number of nitrogens with one attached hydrogen (secondary N) is 1. The van der Waals surface area contributed by atoms with Crippen LogP contribution >= 0.6 is 0 Å². The Balaban J connectivity index is 1.48. The van der Waals surface area contributed by atoms with Crippen LogP contribution in [0.15, 0.2) is 24.3 Å². The van der Waals surface area contributed by atoms with E-state index in [1.165, 1.54) is 29.2 Å². The molecule has 33 heavy (non-hydrogen) atoms. The van der Waals surface area contributed by atoms with Crippen LogP contribution in [0.2, 0.25) is 0 Å². The average Bonchev–Trinajstić information content (AvgIpc) is 3.41. The molecule has 0 aromatic heterocycles. The lowest BCUT2D eigenvalue weighted by Gasteiger charge is -2.25. The Morgan fingerprint density at radius 3 is 2.48 bits per heavy atom. The monoisotopic (exact) mass is 474 g/mol. The van der Waals surface area contributed by atoms with E-state index in [9.17, 15) is 37.7 Å². The summed E-state index contributed by atoms with van der Waals surface area (Å²) in [5, 5.41) is 14.2. The highest BCUT2D eigenvalue weighted by atomic mass is 19.4. The molecule has 0 bridgehead atoms. The molecule has 2 saturated heterocycles. The number of ether oxygens (including phenoxy) is 1. The second-order valence-corrected chi connectivity index (χ2v) is 7.59. The molecular formula is C19H21F3N4O7. The van der Waals surface area contributed by atoms with Gasteiger partial charge >= 0.3 is 18.2 Å². The highest BCUT2D eigenvalue weighted by molar-refractivity contribution is 5.86. The maximum atomic E-state index is 12.6. The topological polar surface area (TPSA) is 131 Å². The molecule has 0 saturated carbocycles. The molecule has 2 fully saturated rings. The summed E-state index contributed by atoms with van der Waals surface area (Å²) in [5.41, 5.74) is 0.439. The van der Waals surface area contributed by atoms with E-state index in [1.807, 2.05) is 0 Å². The van der Waals surface area contributed by atoms with E-state index in [2.05, 4.69) is 10.2 Å². The smallest absolute Gasteiger partial charge is 0.445 e. The Morgan fingerprint density at radius 1 is 1.15 bits per heavy atom. The summed E-state index contributed by atoms with van der Waals surface area (Å²) in [7, 11) is 0. The van der Waals surface area contributed by atoms with Gasteiger partial charge in [0.15, 0.2) is 0 Å². The molecule has 2 aliphatic rings. The van der Waals surface area contributed by atoms with Crippen LogP contribution in [0.3, 0.4) is 0 Å². The molecule has 1 N–H and O–H groups in total. The van der Waals surface area contributed by atoms with Gasteiger partial charge in [0.1, 0.15) is 12.6 Å². The van der Waals surface area contributed by atoms with Gasteiger partial charge in [0, 0.05) is 31.3 Å². The first-order chi connectivity index (χ1) is 15.5. The fraction of sp³-hybridized carbons (Fsp3) is 0.526. The minimum absolute atomic E-state index is 0.0262. The van der Waals surface area contributed by atoms with Crippen LogP contribution in [0.1, 0.15) is 24.8 Å². The van der Waals surface area contributed by atoms with E-state index in [0.29, 0.717) is 18.4 Å². The average molecular weight is 474 g/mol. The van der Waals surface area contributed by atoms with Gasteiger partial charge < -0.3 is 14.9 Å². The molecule has 0 radical (unpaired) electrons. The Hall–Kier alpha value is -3.42. The maximum Gasteiger partial charge on any atom is 0.492 e. The van der Waals surface area contributed by atoms with Gasteiger partial charge in [-0.05, 0) is 37.0 Å². The summed E-state index contributed by atoms with van der Waals surface area (Å²) in [6.07, 6.45) is -4.62. The van der Waals surface area contributed by atoms with Crippen LogP contribution in [0.4, 0.5) is 23.7 Å². The molecule has 180 valence electrons. The van der Waals surface area contributed by atoms with E-state index in [-0.39, 0.29) is 38.3 Å². The minimum atomic E-state index is -5.11. The van der Waals surface area contributed by atoms with Crippen molar-refractivity contribution in [2.24, 2.45) is 0 Å². The normalized spacial score (nSPS) is 21.0. The highest BCUT2D eigenvalue weighted by Gasteiger charge is 2.44. The number of alkyl halides is 3. The van der Waals surface area contributed by atoms with E-state index in [0.717, 1.165) is 5.06 Å². The van der Waals surface area contributed by atoms with E-state index in [4.69, 9.17) is 4.74 Å². The van der Waals surface area contributed by atoms with Crippen LogP contribution in [0.25, 0.3) is 0 Å². The number of nitro benzene ring substituents is 1. The van der Waals surface area contributed by atoms with Gasteiger partial charge in [-0.3, -0.25) is 19.8 Å². The van der Waals surface area contributed by atoms with Crippen molar-refractivity contribution in [2.45, 2.75) is 44.1 Å². The Labute approximate surface area is 185 Å². The molecule has 2 amide bonds. The summed E-state index contributed by atoms with van der Waals surface area (Å²) in [5.74, 6) is -2.80. The molecule has 1 aromatic rings. The number of likely N-dealkylation sites (tertiary alicyclic amines) is 1. The fourth-order valence-corrected chi connectivity index (χ4v) is 3.60. The second kappa shape index (κ2) is 10.0. The maximum absolute atomic E-state index is 12.6. The van der Waals surface area contributed by atoms with Crippen molar-refractivity contribution >= 4 is 23.7 Å². The predicted octanol–water partition coefficient (Wildman–Crippen LogP) is 1.91. The molecule has 0 spiro atoms.